The molecule has 2 aromatic rings. The first-order chi connectivity index (χ1) is 14.6. The van der Waals surface area contributed by atoms with E-state index in [2.05, 4.69) is 26.5 Å². The van der Waals surface area contributed by atoms with Crippen LogP contribution >= 0.6 is 23.2 Å². The van der Waals surface area contributed by atoms with E-state index in [0.717, 1.165) is 0 Å². The Bertz CT molecular complexity index is 999. The Labute approximate surface area is 187 Å². The van der Waals surface area contributed by atoms with E-state index in [-0.39, 0.29) is 24.0 Å². The fourth-order valence-electron chi connectivity index (χ4n) is 2.15. The molecule has 0 aliphatic heterocycles. The maximum Gasteiger partial charge on any atom is 0.329 e. The Morgan fingerprint density at radius 2 is 1.68 bits per heavy atom. The van der Waals surface area contributed by atoms with Crippen molar-refractivity contribution < 1.29 is 23.6 Å². The largest absolute Gasteiger partial charge is 0.458 e. The third-order valence-electron chi connectivity index (χ3n) is 3.42. The molecule has 0 unspecified atom stereocenters. The lowest BCUT2D eigenvalue weighted by Gasteiger charge is -2.06. The van der Waals surface area contributed by atoms with Gasteiger partial charge in [0, 0.05) is 21.8 Å². The van der Waals surface area contributed by atoms with Gasteiger partial charge in [0.2, 0.25) is 0 Å². The molecule has 1 heterocycles. The highest BCUT2D eigenvalue weighted by atomic mass is 35.5. The number of hydrazone groups is 1. The predicted molar refractivity (Wildman–Crippen MR) is 115 cm³/mol. The number of nitrogens with one attached hydrogen (secondary N) is 4. The number of carbonyl (C=O) groups excluding carboxylic acids is 4. The third kappa shape index (κ3) is 8.11. The summed E-state index contributed by atoms with van der Waals surface area (Å²) in [6.45, 7) is 3.36. The molecule has 0 bridgehead atoms. The van der Waals surface area contributed by atoms with Crippen LogP contribution < -0.4 is 21.4 Å². The monoisotopic (exact) mass is 467 g/mol. The van der Waals surface area contributed by atoms with E-state index in [4.69, 9.17) is 27.6 Å². The van der Waals surface area contributed by atoms with Gasteiger partial charge in [0.15, 0.2) is 0 Å². The molecule has 0 aliphatic carbocycles. The molecule has 10 nitrogen and oxygen atoms in total. The van der Waals surface area contributed by atoms with Crippen LogP contribution in [0.5, 0.6) is 0 Å². The van der Waals surface area contributed by atoms with Gasteiger partial charge in [-0.2, -0.15) is 5.10 Å². The van der Waals surface area contributed by atoms with Gasteiger partial charge in [0.25, 0.3) is 0 Å². The second-order valence-electron chi connectivity index (χ2n) is 6.43. The molecule has 4 amide bonds. The maximum absolute atomic E-state index is 12.0. The molecule has 1 aromatic carbocycles. The first kappa shape index (κ1) is 23.9. The second kappa shape index (κ2) is 11.1. The molecule has 4 N–H and O–H groups in total. The second-order valence-corrected chi connectivity index (χ2v) is 7.30. The number of furan rings is 1. The van der Waals surface area contributed by atoms with Crippen LogP contribution in [0.3, 0.4) is 0 Å². The highest BCUT2D eigenvalue weighted by Gasteiger charge is 2.15. The van der Waals surface area contributed by atoms with Crippen LogP contribution in [-0.2, 0) is 25.7 Å². The highest BCUT2D eigenvalue weighted by molar-refractivity contribution is 6.40. The van der Waals surface area contributed by atoms with Crippen LogP contribution in [0.15, 0.2) is 39.9 Å². The highest BCUT2D eigenvalue weighted by Crippen LogP contribution is 2.22. The minimum absolute atomic E-state index is 0.0699. The minimum Gasteiger partial charge on any atom is -0.458 e. The van der Waals surface area contributed by atoms with Crippen molar-refractivity contribution in [1.82, 2.24) is 16.1 Å². The Hall–Kier alpha value is -3.37. The Kier molecular flexibility index (Phi) is 8.59. The summed E-state index contributed by atoms with van der Waals surface area (Å²) < 4.78 is 5.39. The number of amides is 4. The zero-order chi connectivity index (χ0) is 23.0. The van der Waals surface area contributed by atoms with Gasteiger partial charge in [-0.15, -0.1) is 0 Å². The van der Waals surface area contributed by atoms with E-state index in [9.17, 15) is 19.2 Å². The first-order valence-electron chi connectivity index (χ1n) is 8.92. The van der Waals surface area contributed by atoms with E-state index >= 15 is 0 Å². The molecule has 12 heteroatoms. The molecule has 0 radical (unpaired) electrons. The van der Waals surface area contributed by atoms with Crippen molar-refractivity contribution in [2.75, 3.05) is 5.32 Å². The van der Waals surface area contributed by atoms with Gasteiger partial charge in [0.1, 0.15) is 11.5 Å². The van der Waals surface area contributed by atoms with Gasteiger partial charge in [-0.3, -0.25) is 19.2 Å². The molecular formula is C19H19Cl2N5O5. The summed E-state index contributed by atoms with van der Waals surface area (Å²) in [5.74, 6) is -2.95. The third-order valence-corrected chi connectivity index (χ3v) is 3.85. The zero-order valence-electron chi connectivity index (χ0n) is 16.5. The van der Waals surface area contributed by atoms with E-state index < -0.39 is 23.6 Å². The maximum atomic E-state index is 12.0. The van der Waals surface area contributed by atoms with Crippen LogP contribution in [0, 0.1) is 0 Å². The summed E-state index contributed by atoms with van der Waals surface area (Å²) in [6.07, 6.45) is 1.18. The summed E-state index contributed by atoms with van der Waals surface area (Å²) >= 11 is 11.7. The molecule has 0 atom stereocenters. The molecule has 164 valence electrons. The topological polar surface area (TPSA) is 142 Å². The van der Waals surface area contributed by atoms with Crippen molar-refractivity contribution >= 4 is 58.7 Å². The van der Waals surface area contributed by atoms with Crippen molar-refractivity contribution in [3.05, 3.63) is 51.9 Å². The summed E-state index contributed by atoms with van der Waals surface area (Å²) in [5, 5.41) is 11.4. The van der Waals surface area contributed by atoms with Gasteiger partial charge in [-0.05, 0) is 44.2 Å². The Balaban J connectivity index is 1.81. The van der Waals surface area contributed by atoms with Gasteiger partial charge in [-0.25, -0.2) is 5.43 Å². The number of nitrogens with zero attached hydrogens (tertiary/aromatic N) is 1. The average molecular weight is 468 g/mol. The summed E-state index contributed by atoms with van der Waals surface area (Å²) in [4.78, 5) is 46.9. The summed E-state index contributed by atoms with van der Waals surface area (Å²) in [7, 11) is 0. The van der Waals surface area contributed by atoms with Crippen molar-refractivity contribution in [3.8, 4) is 0 Å². The Morgan fingerprint density at radius 3 is 2.32 bits per heavy atom. The van der Waals surface area contributed by atoms with Crippen molar-refractivity contribution in [2.24, 2.45) is 5.10 Å². The van der Waals surface area contributed by atoms with Gasteiger partial charge in [0.05, 0.1) is 12.8 Å². The number of rotatable bonds is 6. The first-order valence-corrected chi connectivity index (χ1v) is 9.67. The SMILES string of the molecule is CC(C)NC(=O)C(=O)N/N=C/c1ccc(CNC(=O)C(=O)Nc2cc(Cl)cc(Cl)c2)o1. The van der Waals surface area contributed by atoms with Gasteiger partial charge in [-0.1, -0.05) is 23.2 Å². The molecule has 2 rings (SSSR count). The molecule has 0 spiro atoms. The number of carbonyl (C=O) groups is 4. The van der Waals surface area contributed by atoms with Crippen molar-refractivity contribution in [1.29, 1.82) is 0 Å². The van der Waals surface area contributed by atoms with Crippen LogP contribution in [0.4, 0.5) is 5.69 Å². The van der Waals surface area contributed by atoms with Crippen LogP contribution in [0.1, 0.15) is 25.4 Å². The van der Waals surface area contributed by atoms with Gasteiger partial charge < -0.3 is 20.4 Å². The normalized spacial score (nSPS) is 10.7. The van der Waals surface area contributed by atoms with E-state index in [1.165, 1.54) is 30.5 Å². The number of anilines is 1. The van der Waals surface area contributed by atoms with E-state index in [0.29, 0.717) is 15.8 Å². The molecule has 0 aliphatic rings. The fourth-order valence-corrected chi connectivity index (χ4v) is 2.68. The molecule has 1 aromatic heterocycles. The zero-order valence-corrected chi connectivity index (χ0v) is 18.0. The summed E-state index contributed by atoms with van der Waals surface area (Å²) in [5.41, 5.74) is 2.33. The number of halogens is 2. The smallest absolute Gasteiger partial charge is 0.329 e. The number of hydrogen-bond donors (Lipinski definition) is 4. The fraction of sp³-hybridized carbons (Fsp3) is 0.211. The average Bonchev–Trinajstić information content (AvgIpc) is 3.12. The van der Waals surface area contributed by atoms with Crippen LogP contribution in [0.25, 0.3) is 0 Å². The summed E-state index contributed by atoms with van der Waals surface area (Å²) in [6, 6.07) is 7.27. The van der Waals surface area contributed by atoms with Gasteiger partial charge >= 0.3 is 23.6 Å². The lowest BCUT2D eigenvalue weighted by atomic mass is 10.3. The molecular weight excluding hydrogens is 449 g/mol. The van der Waals surface area contributed by atoms with E-state index in [1.807, 2.05) is 0 Å². The molecule has 31 heavy (non-hydrogen) atoms. The van der Waals surface area contributed by atoms with E-state index in [1.54, 1.807) is 19.9 Å². The molecule has 0 fully saturated rings. The lowest BCUT2D eigenvalue weighted by Crippen LogP contribution is -2.41. The predicted octanol–water partition coefficient (Wildman–Crippen LogP) is 1.82. The quantitative estimate of drug-likeness (QED) is 0.291. The number of hydrogen-bond acceptors (Lipinski definition) is 6. The van der Waals surface area contributed by atoms with Crippen molar-refractivity contribution in [2.45, 2.75) is 26.4 Å². The minimum atomic E-state index is -0.920. The van der Waals surface area contributed by atoms with Crippen LogP contribution in [0.2, 0.25) is 10.0 Å². The van der Waals surface area contributed by atoms with Crippen molar-refractivity contribution in [3.63, 3.8) is 0 Å². The standard InChI is InChI=1S/C19H19Cl2N5O5/c1-10(2)24-18(29)19(30)26-23-9-15-4-3-14(31-15)8-22-16(27)17(28)25-13-6-11(20)5-12(21)7-13/h3-7,9-10H,8H2,1-2H3,(H,22,27)(H,24,29)(H,25,28)(H,26,30)/b23-9+. The lowest BCUT2D eigenvalue weighted by molar-refractivity contribution is -0.139. The molecule has 0 saturated heterocycles. The Morgan fingerprint density at radius 1 is 1.00 bits per heavy atom. The number of benzene rings is 1. The van der Waals surface area contributed by atoms with Crippen LogP contribution in [-0.4, -0.2) is 35.9 Å². The molecule has 0 saturated carbocycles.